The number of hydrogen-bond acceptors (Lipinski definition) is 4. The molecule has 0 N–H and O–H groups in total. The molecule has 1 atom stereocenters. The van der Waals surface area contributed by atoms with Gasteiger partial charge in [0.1, 0.15) is 5.75 Å². The Morgan fingerprint density at radius 2 is 1.83 bits per heavy atom. The number of amides is 3. The second kappa shape index (κ2) is 5.68. The van der Waals surface area contributed by atoms with Crippen LogP contribution in [0.3, 0.4) is 0 Å². The van der Waals surface area contributed by atoms with Gasteiger partial charge in [-0.1, -0.05) is 12.1 Å². The molecular formula is C17H20N2O4. The Kier molecular flexibility index (Phi) is 3.83. The smallest absolute Gasteiger partial charge is 0.238 e. The van der Waals surface area contributed by atoms with Crippen LogP contribution in [-0.4, -0.2) is 48.2 Å². The third-order valence-electron chi connectivity index (χ3n) is 4.77. The first kappa shape index (κ1) is 15.5. The van der Waals surface area contributed by atoms with Crippen molar-refractivity contribution >= 4 is 17.7 Å². The highest BCUT2D eigenvalue weighted by atomic mass is 16.5. The van der Waals surface area contributed by atoms with Crippen molar-refractivity contribution in [1.29, 1.82) is 0 Å². The highest BCUT2D eigenvalue weighted by molar-refractivity contribution is 6.03. The molecule has 6 heteroatoms. The SMILES string of the molecule is COc1ccc(CN2C(=O)CCC3(CC(=O)N(C)C3)C2=O)cc1. The lowest BCUT2D eigenvalue weighted by Crippen LogP contribution is -2.52. The summed E-state index contributed by atoms with van der Waals surface area (Å²) in [5, 5.41) is 0. The van der Waals surface area contributed by atoms with Crippen LogP contribution in [0.5, 0.6) is 5.75 Å². The second-order valence-electron chi connectivity index (χ2n) is 6.34. The fourth-order valence-electron chi connectivity index (χ4n) is 3.39. The van der Waals surface area contributed by atoms with Crippen molar-refractivity contribution in [2.45, 2.75) is 25.8 Å². The standard InChI is InChI=1S/C17H20N2O4/c1-18-11-17(9-15(18)21)8-7-14(20)19(16(17)22)10-12-3-5-13(23-2)6-4-12/h3-6H,7-11H2,1-2H3. The van der Waals surface area contributed by atoms with Gasteiger partial charge in [0.2, 0.25) is 17.7 Å². The van der Waals surface area contributed by atoms with Gasteiger partial charge in [-0.25, -0.2) is 0 Å². The lowest BCUT2D eigenvalue weighted by Gasteiger charge is -2.37. The zero-order valence-electron chi connectivity index (χ0n) is 13.4. The number of methoxy groups -OCH3 is 1. The molecule has 2 saturated heterocycles. The molecule has 2 aliphatic rings. The largest absolute Gasteiger partial charge is 0.497 e. The lowest BCUT2D eigenvalue weighted by molar-refractivity contribution is -0.158. The van der Waals surface area contributed by atoms with E-state index >= 15 is 0 Å². The second-order valence-corrected chi connectivity index (χ2v) is 6.34. The molecule has 1 unspecified atom stereocenters. The van der Waals surface area contributed by atoms with Gasteiger partial charge in [-0.15, -0.1) is 0 Å². The summed E-state index contributed by atoms with van der Waals surface area (Å²) < 4.78 is 5.11. The minimum absolute atomic E-state index is 0.0305. The molecule has 2 heterocycles. The first-order valence-corrected chi connectivity index (χ1v) is 7.67. The monoisotopic (exact) mass is 316 g/mol. The highest BCUT2D eigenvalue weighted by Gasteiger charge is 2.53. The van der Waals surface area contributed by atoms with Crippen molar-refractivity contribution in [2.75, 3.05) is 20.7 Å². The molecule has 23 heavy (non-hydrogen) atoms. The van der Waals surface area contributed by atoms with E-state index in [0.717, 1.165) is 11.3 Å². The molecule has 0 saturated carbocycles. The number of benzene rings is 1. The number of hydrogen-bond donors (Lipinski definition) is 0. The van der Waals surface area contributed by atoms with Crippen molar-refractivity contribution in [1.82, 2.24) is 9.80 Å². The molecule has 122 valence electrons. The third-order valence-corrected chi connectivity index (χ3v) is 4.77. The summed E-state index contributed by atoms with van der Waals surface area (Å²) in [6, 6.07) is 7.28. The Balaban J connectivity index is 1.81. The summed E-state index contributed by atoms with van der Waals surface area (Å²) in [5.41, 5.74) is 0.133. The maximum atomic E-state index is 12.9. The van der Waals surface area contributed by atoms with Crippen LogP contribution in [0, 0.1) is 5.41 Å². The van der Waals surface area contributed by atoms with Crippen LogP contribution in [0.15, 0.2) is 24.3 Å². The van der Waals surface area contributed by atoms with E-state index in [0.29, 0.717) is 19.4 Å². The van der Waals surface area contributed by atoms with Crippen LogP contribution >= 0.6 is 0 Å². The Hall–Kier alpha value is -2.37. The predicted octanol–water partition coefficient (Wildman–Crippen LogP) is 1.19. The predicted molar refractivity (Wildman–Crippen MR) is 82.5 cm³/mol. The Morgan fingerprint density at radius 1 is 1.13 bits per heavy atom. The average Bonchev–Trinajstić information content (AvgIpc) is 2.84. The average molecular weight is 316 g/mol. The van der Waals surface area contributed by atoms with Crippen LogP contribution < -0.4 is 4.74 Å². The minimum Gasteiger partial charge on any atom is -0.497 e. The lowest BCUT2D eigenvalue weighted by atomic mass is 9.78. The summed E-state index contributed by atoms with van der Waals surface area (Å²) in [7, 11) is 3.29. The zero-order chi connectivity index (χ0) is 16.6. The third kappa shape index (κ3) is 2.69. The van der Waals surface area contributed by atoms with Crippen molar-refractivity contribution in [3.05, 3.63) is 29.8 Å². The molecule has 6 nitrogen and oxygen atoms in total. The molecule has 1 spiro atoms. The maximum absolute atomic E-state index is 12.9. The fraction of sp³-hybridized carbons (Fsp3) is 0.471. The summed E-state index contributed by atoms with van der Waals surface area (Å²) >= 11 is 0. The number of imide groups is 1. The Morgan fingerprint density at radius 3 is 2.39 bits per heavy atom. The number of carbonyl (C=O) groups is 3. The number of nitrogens with zero attached hydrogens (tertiary/aromatic N) is 2. The molecule has 0 aliphatic carbocycles. The van der Waals surface area contributed by atoms with Crippen LogP contribution in [-0.2, 0) is 20.9 Å². The van der Waals surface area contributed by atoms with Gasteiger partial charge in [0.15, 0.2) is 0 Å². The fourth-order valence-corrected chi connectivity index (χ4v) is 3.39. The number of likely N-dealkylation sites (tertiary alicyclic amines) is 2. The van der Waals surface area contributed by atoms with E-state index in [2.05, 4.69) is 0 Å². The quantitative estimate of drug-likeness (QED) is 0.786. The van der Waals surface area contributed by atoms with Gasteiger partial charge >= 0.3 is 0 Å². The molecule has 2 aliphatic heterocycles. The van der Waals surface area contributed by atoms with E-state index in [4.69, 9.17) is 4.74 Å². The van der Waals surface area contributed by atoms with Crippen LogP contribution in [0.25, 0.3) is 0 Å². The van der Waals surface area contributed by atoms with Gasteiger partial charge in [0, 0.05) is 26.4 Å². The first-order valence-electron chi connectivity index (χ1n) is 7.67. The topological polar surface area (TPSA) is 66.9 Å². The Labute approximate surface area is 135 Å². The van der Waals surface area contributed by atoms with Gasteiger partial charge in [-0.2, -0.15) is 0 Å². The number of ether oxygens (including phenoxy) is 1. The zero-order valence-corrected chi connectivity index (χ0v) is 13.4. The summed E-state index contributed by atoms with van der Waals surface area (Å²) in [5.74, 6) is 0.308. The number of carbonyl (C=O) groups excluding carboxylic acids is 3. The molecule has 1 aromatic rings. The maximum Gasteiger partial charge on any atom is 0.238 e. The highest BCUT2D eigenvalue weighted by Crippen LogP contribution is 2.41. The van der Waals surface area contributed by atoms with Crippen LogP contribution in [0.1, 0.15) is 24.8 Å². The van der Waals surface area contributed by atoms with E-state index in [1.54, 1.807) is 31.2 Å². The summed E-state index contributed by atoms with van der Waals surface area (Å²) in [6.07, 6.45) is 0.970. The minimum atomic E-state index is -0.730. The van der Waals surface area contributed by atoms with E-state index < -0.39 is 5.41 Å². The van der Waals surface area contributed by atoms with Gasteiger partial charge < -0.3 is 9.64 Å². The number of rotatable bonds is 3. The van der Waals surface area contributed by atoms with Crippen LogP contribution in [0.2, 0.25) is 0 Å². The van der Waals surface area contributed by atoms with Crippen molar-refractivity contribution < 1.29 is 19.1 Å². The molecule has 0 aromatic heterocycles. The molecule has 1 aromatic carbocycles. The van der Waals surface area contributed by atoms with Crippen molar-refractivity contribution in [3.8, 4) is 5.75 Å². The molecule has 2 fully saturated rings. The summed E-state index contributed by atoms with van der Waals surface area (Å²) in [6.45, 7) is 0.637. The van der Waals surface area contributed by atoms with Gasteiger partial charge in [-0.3, -0.25) is 19.3 Å². The first-order chi connectivity index (χ1) is 10.9. The van der Waals surface area contributed by atoms with Gasteiger partial charge in [0.25, 0.3) is 0 Å². The van der Waals surface area contributed by atoms with Gasteiger partial charge in [-0.05, 0) is 24.1 Å². The Bertz CT molecular complexity index is 655. The van der Waals surface area contributed by atoms with Crippen LogP contribution in [0.4, 0.5) is 0 Å². The van der Waals surface area contributed by atoms with Crippen molar-refractivity contribution in [3.63, 3.8) is 0 Å². The van der Waals surface area contributed by atoms with Gasteiger partial charge in [0.05, 0.1) is 19.1 Å². The van der Waals surface area contributed by atoms with Crippen molar-refractivity contribution in [2.24, 2.45) is 5.41 Å². The molecule has 0 radical (unpaired) electrons. The number of piperidine rings is 1. The van der Waals surface area contributed by atoms with E-state index in [1.165, 1.54) is 4.90 Å². The molecule has 3 rings (SSSR count). The molecule has 0 bridgehead atoms. The van der Waals surface area contributed by atoms with E-state index in [-0.39, 0.29) is 30.7 Å². The van der Waals surface area contributed by atoms with E-state index in [9.17, 15) is 14.4 Å². The molecular weight excluding hydrogens is 296 g/mol. The normalized spacial score (nSPS) is 24.7. The molecule has 3 amide bonds. The summed E-state index contributed by atoms with van der Waals surface area (Å²) in [4.78, 5) is 39.8. The van der Waals surface area contributed by atoms with E-state index in [1.807, 2.05) is 12.1 Å².